The van der Waals surface area contributed by atoms with Crippen molar-refractivity contribution in [1.82, 2.24) is 5.32 Å². The Morgan fingerprint density at radius 3 is 2.84 bits per heavy atom. The van der Waals surface area contributed by atoms with E-state index in [0.717, 1.165) is 24.1 Å². The van der Waals surface area contributed by atoms with Crippen molar-refractivity contribution in [1.29, 1.82) is 0 Å². The molecule has 19 heavy (non-hydrogen) atoms. The van der Waals surface area contributed by atoms with E-state index >= 15 is 0 Å². The van der Waals surface area contributed by atoms with Crippen molar-refractivity contribution in [3.8, 4) is 0 Å². The lowest BCUT2D eigenvalue weighted by atomic mass is 9.88. The number of rotatable bonds is 4. The molecule has 1 heterocycles. The SMILES string of the molecule is Cc1ccc(CC(C)(F)CC2CCCCN2)c(Cl)c1. The zero-order valence-electron chi connectivity index (χ0n) is 11.8. The molecule has 3 heteroatoms. The van der Waals surface area contributed by atoms with Gasteiger partial charge in [-0.05, 0) is 56.8 Å². The second-order valence-corrected chi connectivity index (χ2v) is 6.44. The van der Waals surface area contributed by atoms with Gasteiger partial charge in [0.2, 0.25) is 0 Å². The highest BCUT2D eigenvalue weighted by Crippen LogP contribution is 2.29. The van der Waals surface area contributed by atoms with E-state index in [2.05, 4.69) is 5.32 Å². The fourth-order valence-corrected chi connectivity index (χ4v) is 3.18. The van der Waals surface area contributed by atoms with E-state index in [1.54, 1.807) is 6.92 Å². The lowest BCUT2D eigenvalue weighted by Crippen LogP contribution is -2.40. The van der Waals surface area contributed by atoms with E-state index in [1.807, 2.05) is 25.1 Å². The third kappa shape index (κ3) is 4.47. The largest absolute Gasteiger partial charge is 0.314 e. The number of hydrogen-bond acceptors (Lipinski definition) is 1. The van der Waals surface area contributed by atoms with Gasteiger partial charge in [0.05, 0.1) is 0 Å². The van der Waals surface area contributed by atoms with Gasteiger partial charge in [-0.25, -0.2) is 4.39 Å². The van der Waals surface area contributed by atoms with Crippen LogP contribution in [0.5, 0.6) is 0 Å². The van der Waals surface area contributed by atoms with Crippen molar-refractivity contribution in [3.05, 3.63) is 34.3 Å². The third-order valence-electron chi connectivity index (χ3n) is 3.85. The minimum Gasteiger partial charge on any atom is -0.314 e. The van der Waals surface area contributed by atoms with Crippen LogP contribution >= 0.6 is 11.6 Å². The van der Waals surface area contributed by atoms with E-state index in [0.29, 0.717) is 23.9 Å². The number of aryl methyl sites for hydroxylation is 1. The molecular formula is C16H23ClFN. The number of benzene rings is 1. The molecule has 0 aliphatic carbocycles. The van der Waals surface area contributed by atoms with E-state index in [1.165, 1.54) is 12.8 Å². The summed E-state index contributed by atoms with van der Waals surface area (Å²) in [4.78, 5) is 0. The summed E-state index contributed by atoms with van der Waals surface area (Å²) in [6.07, 6.45) is 4.46. The standard InChI is InChI=1S/C16H23ClFN/c1-12-6-7-13(15(17)9-12)10-16(2,18)11-14-5-3-4-8-19-14/h6-7,9,14,19H,3-5,8,10-11H2,1-2H3. The summed E-state index contributed by atoms with van der Waals surface area (Å²) in [5.74, 6) is 0. The highest BCUT2D eigenvalue weighted by molar-refractivity contribution is 6.31. The van der Waals surface area contributed by atoms with Crippen molar-refractivity contribution < 1.29 is 4.39 Å². The first-order valence-corrected chi connectivity index (χ1v) is 7.51. The summed E-state index contributed by atoms with van der Waals surface area (Å²) >= 11 is 6.20. The van der Waals surface area contributed by atoms with Gasteiger partial charge in [-0.2, -0.15) is 0 Å². The van der Waals surface area contributed by atoms with Crippen LogP contribution in [0.25, 0.3) is 0 Å². The molecule has 2 unspecified atom stereocenters. The molecule has 1 N–H and O–H groups in total. The zero-order chi connectivity index (χ0) is 13.9. The molecule has 1 aromatic carbocycles. The van der Waals surface area contributed by atoms with Crippen LogP contribution in [-0.2, 0) is 6.42 Å². The fourth-order valence-electron chi connectivity index (χ4n) is 2.88. The lowest BCUT2D eigenvalue weighted by molar-refractivity contribution is 0.146. The van der Waals surface area contributed by atoms with Crippen LogP contribution in [-0.4, -0.2) is 18.3 Å². The molecule has 1 aromatic rings. The van der Waals surface area contributed by atoms with Gasteiger partial charge < -0.3 is 5.32 Å². The van der Waals surface area contributed by atoms with Crippen molar-refractivity contribution in [2.45, 2.75) is 57.7 Å². The number of hydrogen-bond donors (Lipinski definition) is 1. The van der Waals surface area contributed by atoms with Crippen LogP contribution in [0.15, 0.2) is 18.2 Å². The van der Waals surface area contributed by atoms with Crippen LogP contribution in [0.3, 0.4) is 0 Å². The second kappa shape index (κ2) is 6.23. The smallest absolute Gasteiger partial charge is 0.113 e. The molecule has 106 valence electrons. The summed E-state index contributed by atoms with van der Waals surface area (Å²) in [7, 11) is 0. The van der Waals surface area contributed by atoms with Gasteiger partial charge in [-0.1, -0.05) is 30.2 Å². The number of halogens is 2. The van der Waals surface area contributed by atoms with Gasteiger partial charge in [0.1, 0.15) is 5.67 Å². The maximum absolute atomic E-state index is 14.7. The molecule has 0 aromatic heterocycles. The fraction of sp³-hybridized carbons (Fsp3) is 0.625. The maximum Gasteiger partial charge on any atom is 0.113 e. The number of nitrogens with one attached hydrogen (secondary N) is 1. The lowest BCUT2D eigenvalue weighted by Gasteiger charge is -2.30. The van der Waals surface area contributed by atoms with Crippen LogP contribution in [0.2, 0.25) is 5.02 Å². The van der Waals surface area contributed by atoms with Crippen molar-refractivity contribution >= 4 is 11.6 Å². The average molecular weight is 284 g/mol. The normalized spacial score (nSPS) is 23.1. The van der Waals surface area contributed by atoms with Gasteiger partial charge in [0, 0.05) is 17.5 Å². The Balaban J connectivity index is 1.99. The van der Waals surface area contributed by atoms with Crippen molar-refractivity contribution in [2.24, 2.45) is 0 Å². The van der Waals surface area contributed by atoms with Gasteiger partial charge >= 0.3 is 0 Å². The minimum absolute atomic E-state index is 0.313. The molecular weight excluding hydrogens is 261 g/mol. The first-order chi connectivity index (χ1) is 8.96. The van der Waals surface area contributed by atoms with E-state index in [9.17, 15) is 4.39 Å². The van der Waals surface area contributed by atoms with Crippen LogP contribution in [0.1, 0.15) is 43.7 Å². The molecule has 0 saturated carbocycles. The monoisotopic (exact) mass is 283 g/mol. The Kier molecular flexibility index (Phi) is 4.86. The van der Waals surface area contributed by atoms with Crippen LogP contribution in [0, 0.1) is 6.92 Å². The average Bonchev–Trinajstić information content (AvgIpc) is 2.33. The molecule has 1 fully saturated rings. The Hall–Kier alpha value is -0.600. The molecule has 1 aliphatic rings. The van der Waals surface area contributed by atoms with Crippen LogP contribution < -0.4 is 5.32 Å². The highest BCUT2D eigenvalue weighted by atomic mass is 35.5. The molecule has 2 atom stereocenters. The molecule has 0 amide bonds. The Labute approximate surface area is 120 Å². The van der Waals surface area contributed by atoms with E-state index in [4.69, 9.17) is 11.6 Å². The van der Waals surface area contributed by atoms with Crippen molar-refractivity contribution in [3.63, 3.8) is 0 Å². The first-order valence-electron chi connectivity index (χ1n) is 7.14. The third-order valence-corrected chi connectivity index (χ3v) is 4.20. The topological polar surface area (TPSA) is 12.0 Å². The quantitative estimate of drug-likeness (QED) is 0.861. The number of piperidine rings is 1. The summed E-state index contributed by atoms with van der Waals surface area (Å²) in [5.41, 5.74) is 0.824. The summed E-state index contributed by atoms with van der Waals surface area (Å²) < 4.78 is 14.7. The molecule has 1 aliphatic heterocycles. The molecule has 2 rings (SSSR count). The Bertz CT molecular complexity index is 425. The van der Waals surface area contributed by atoms with E-state index in [-0.39, 0.29) is 0 Å². The molecule has 1 saturated heterocycles. The second-order valence-electron chi connectivity index (χ2n) is 6.04. The highest BCUT2D eigenvalue weighted by Gasteiger charge is 2.29. The number of alkyl halides is 1. The van der Waals surface area contributed by atoms with E-state index < -0.39 is 5.67 Å². The summed E-state index contributed by atoms with van der Waals surface area (Å²) in [6.45, 7) is 4.71. The molecule has 1 nitrogen and oxygen atoms in total. The predicted molar refractivity (Wildman–Crippen MR) is 79.7 cm³/mol. The minimum atomic E-state index is -1.20. The molecule has 0 radical (unpaired) electrons. The molecule has 0 bridgehead atoms. The predicted octanol–water partition coefficient (Wildman–Crippen LogP) is 4.45. The first kappa shape index (κ1) is 14.8. The summed E-state index contributed by atoms with van der Waals surface area (Å²) in [5, 5.41) is 4.09. The zero-order valence-corrected chi connectivity index (χ0v) is 12.6. The molecule has 0 spiro atoms. The van der Waals surface area contributed by atoms with Gasteiger partial charge in [-0.3, -0.25) is 0 Å². The van der Waals surface area contributed by atoms with Gasteiger partial charge in [0.25, 0.3) is 0 Å². The Morgan fingerprint density at radius 1 is 1.42 bits per heavy atom. The summed E-state index contributed by atoms with van der Waals surface area (Å²) in [6, 6.07) is 6.17. The van der Waals surface area contributed by atoms with Gasteiger partial charge in [-0.15, -0.1) is 0 Å². The Morgan fingerprint density at radius 2 is 2.21 bits per heavy atom. The van der Waals surface area contributed by atoms with Gasteiger partial charge in [0.15, 0.2) is 0 Å². The maximum atomic E-state index is 14.7. The van der Waals surface area contributed by atoms with Crippen LogP contribution in [0.4, 0.5) is 4.39 Å². The van der Waals surface area contributed by atoms with Crippen molar-refractivity contribution in [2.75, 3.05) is 6.54 Å².